The van der Waals surface area contributed by atoms with E-state index in [1.807, 2.05) is 0 Å². The largest absolute Gasteiger partial charge is 0.396 e. The van der Waals surface area contributed by atoms with Gasteiger partial charge in [-0.2, -0.15) is 0 Å². The molecule has 0 aliphatic heterocycles. The predicted molar refractivity (Wildman–Crippen MR) is 92.7 cm³/mol. The summed E-state index contributed by atoms with van der Waals surface area (Å²) in [6, 6.07) is 0. The van der Waals surface area contributed by atoms with Gasteiger partial charge >= 0.3 is 0 Å². The Bertz CT molecular complexity index is 423. The van der Waals surface area contributed by atoms with Gasteiger partial charge in [0.05, 0.1) is 6.10 Å². The molecule has 0 saturated heterocycles. The van der Waals surface area contributed by atoms with Crippen molar-refractivity contribution in [1.82, 2.24) is 0 Å². The first-order valence-electron chi connectivity index (χ1n) is 9.21. The lowest BCUT2D eigenvalue weighted by Gasteiger charge is -2.57. The van der Waals surface area contributed by atoms with Crippen LogP contribution >= 0.6 is 0 Å². The lowest BCUT2D eigenvalue weighted by Crippen LogP contribution is -2.52. The standard InChI is InChI=1S/C20H36O2/c1-14(11-13-21)6-8-16-15(2)7-9-17-19(3,4)18(22)10-12-20(16,17)5/h14,17-18,21-22H,6-13H2,1-5H3. The van der Waals surface area contributed by atoms with Crippen LogP contribution in [0.3, 0.4) is 0 Å². The van der Waals surface area contributed by atoms with Gasteiger partial charge in [-0.05, 0) is 74.5 Å². The molecule has 0 aromatic carbocycles. The van der Waals surface area contributed by atoms with Crippen molar-refractivity contribution in [3.63, 3.8) is 0 Å². The molecule has 22 heavy (non-hydrogen) atoms. The number of allylic oxidation sites excluding steroid dienone is 2. The highest BCUT2D eigenvalue weighted by Crippen LogP contribution is 2.60. The fourth-order valence-corrected chi connectivity index (χ4v) is 5.34. The molecule has 0 heterocycles. The van der Waals surface area contributed by atoms with Gasteiger partial charge < -0.3 is 10.2 Å². The van der Waals surface area contributed by atoms with Crippen molar-refractivity contribution in [2.75, 3.05) is 6.61 Å². The molecule has 0 spiro atoms. The quantitative estimate of drug-likeness (QED) is 0.723. The van der Waals surface area contributed by atoms with Crippen LogP contribution in [0.4, 0.5) is 0 Å². The van der Waals surface area contributed by atoms with E-state index in [-0.39, 0.29) is 16.9 Å². The molecule has 0 aromatic rings. The first kappa shape index (κ1) is 18.0. The summed E-state index contributed by atoms with van der Waals surface area (Å²) in [5.74, 6) is 1.19. The van der Waals surface area contributed by atoms with Gasteiger partial charge in [-0.1, -0.05) is 38.8 Å². The van der Waals surface area contributed by atoms with Crippen LogP contribution in [-0.2, 0) is 0 Å². The number of fused-ring (bicyclic) bond motifs is 1. The van der Waals surface area contributed by atoms with Crippen molar-refractivity contribution in [3.8, 4) is 0 Å². The SMILES string of the molecule is CC1=C(CCC(C)CCO)C2(C)CCC(O)C(C)(C)C2CC1. The Morgan fingerprint density at radius 2 is 1.86 bits per heavy atom. The molecule has 2 aliphatic carbocycles. The molecular formula is C20H36O2. The molecule has 1 fully saturated rings. The highest BCUT2D eigenvalue weighted by atomic mass is 16.3. The highest BCUT2D eigenvalue weighted by molar-refractivity contribution is 5.28. The van der Waals surface area contributed by atoms with Crippen molar-refractivity contribution in [1.29, 1.82) is 0 Å². The molecule has 2 N–H and O–H groups in total. The fraction of sp³-hybridized carbons (Fsp3) is 0.900. The minimum atomic E-state index is -0.154. The first-order chi connectivity index (χ1) is 10.2. The van der Waals surface area contributed by atoms with E-state index in [1.165, 1.54) is 25.7 Å². The number of aliphatic hydroxyl groups is 2. The molecule has 1 saturated carbocycles. The molecule has 2 nitrogen and oxygen atoms in total. The molecule has 2 heteroatoms. The summed E-state index contributed by atoms with van der Waals surface area (Å²) >= 11 is 0. The summed E-state index contributed by atoms with van der Waals surface area (Å²) < 4.78 is 0. The number of hydrogen-bond donors (Lipinski definition) is 2. The first-order valence-corrected chi connectivity index (χ1v) is 9.21. The highest BCUT2D eigenvalue weighted by Gasteiger charge is 2.53. The third-order valence-electron chi connectivity index (χ3n) is 6.98. The van der Waals surface area contributed by atoms with Crippen LogP contribution in [0.15, 0.2) is 11.1 Å². The molecule has 0 amide bonds. The van der Waals surface area contributed by atoms with Gasteiger partial charge in [0.25, 0.3) is 0 Å². The zero-order valence-electron chi connectivity index (χ0n) is 15.3. The van der Waals surface area contributed by atoms with Crippen molar-refractivity contribution < 1.29 is 10.2 Å². The zero-order chi connectivity index (χ0) is 16.5. The van der Waals surface area contributed by atoms with Crippen LogP contribution in [0.25, 0.3) is 0 Å². The Morgan fingerprint density at radius 1 is 1.18 bits per heavy atom. The predicted octanol–water partition coefficient (Wildman–Crippen LogP) is 4.70. The van der Waals surface area contributed by atoms with E-state index in [0.717, 1.165) is 19.3 Å². The van der Waals surface area contributed by atoms with E-state index < -0.39 is 0 Å². The Kier molecular flexibility index (Phi) is 5.44. The van der Waals surface area contributed by atoms with Crippen LogP contribution in [0.1, 0.15) is 79.6 Å². The number of rotatable bonds is 5. The monoisotopic (exact) mass is 308 g/mol. The second kappa shape index (κ2) is 6.65. The average molecular weight is 309 g/mol. The van der Waals surface area contributed by atoms with Gasteiger partial charge in [-0.3, -0.25) is 0 Å². The topological polar surface area (TPSA) is 40.5 Å². The molecule has 128 valence electrons. The van der Waals surface area contributed by atoms with Gasteiger partial charge in [0.15, 0.2) is 0 Å². The van der Waals surface area contributed by atoms with Gasteiger partial charge in [0, 0.05) is 6.61 Å². The normalized spacial score (nSPS) is 36.1. The summed E-state index contributed by atoms with van der Waals surface area (Å²) in [4.78, 5) is 0. The van der Waals surface area contributed by atoms with E-state index in [4.69, 9.17) is 5.11 Å². The number of aliphatic hydroxyl groups excluding tert-OH is 2. The van der Waals surface area contributed by atoms with E-state index in [0.29, 0.717) is 18.4 Å². The maximum absolute atomic E-state index is 10.5. The summed E-state index contributed by atoms with van der Waals surface area (Å²) in [7, 11) is 0. The van der Waals surface area contributed by atoms with Crippen LogP contribution in [0.2, 0.25) is 0 Å². The van der Waals surface area contributed by atoms with Crippen molar-refractivity contribution in [3.05, 3.63) is 11.1 Å². The zero-order valence-corrected chi connectivity index (χ0v) is 15.3. The lowest BCUT2D eigenvalue weighted by atomic mass is 9.49. The average Bonchev–Trinajstić information content (AvgIpc) is 2.43. The fourth-order valence-electron chi connectivity index (χ4n) is 5.34. The van der Waals surface area contributed by atoms with Crippen molar-refractivity contribution >= 4 is 0 Å². The van der Waals surface area contributed by atoms with Crippen LogP contribution < -0.4 is 0 Å². The maximum atomic E-state index is 10.5. The smallest absolute Gasteiger partial charge is 0.0594 e. The van der Waals surface area contributed by atoms with E-state index in [9.17, 15) is 5.11 Å². The molecule has 4 atom stereocenters. The maximum Gasteiger partial charge on any atom is 0.0594 e. The second-order valence-electron chi connectivity index (χ2n) is 8.80. The molecular weight excluding hydrogens is 272 g/mol. The second-order valence-corrected chi connectivity index (χ2v) is 8.80. The van der Waals surface area contributed by atoms with Crippen LogP contribution in [0, 0.1) is 22.7 Å². The summed E-state index contributed by atoms with van der Waals surface area (Å²) in [6.07, 6.45) is 7.59. The third-order valence-corrected chi connectivity index (χ3v) is 6.98. The molecule has 0 bridgehead atoms. The molecule has 4 unspecified atom stereocenters. The molecule has 0 aromatic heterocycles. The Morgan fingerprint density at radius 3 is 2.50 bits per heavy atom. The summed E-state index contributed by atoms with van der Waals surface area (Å²) in [5.41, 5.74) is 3.57. The summed E-state index contributed by atoms with van der Waals surface area (Å²) in [5, 5.41) is 19.6. The van der Waals surface area contributed by atoms with Gasteiger partial charge in [0.2, 0.25) is 0 Å². The molecule has 2 aliphatic rings. The van der Waals surface area contributed by atoms with E-state index in [2.05, 4.69) is 34.6 Å². The van der Waals surface area contributed by atoms with Gasteiger partial charge in [-0.15, -0.1) is 0 Å². The van der Waals surface area contributed by atoms with E-state index >= 15 is 0 Å². The Hall–Kier alpha value is -0.340. The van der Waals surface area contributed by atoms with Gasteiger partial charge in [0.1, 0.15) is 0 Å². The van der Waals surface area contributed by atoms with Gasteiger partial charge in [-0.25, -0.2) is 0 Å². The molecule has 2 rings (SSSR count). The molecule has 0 radical (unpaired) electrons. The minimum Gasteiger partial charge on any atom is -0.396 e. The Labute approximate surface area is 137 Å². The van der Waals surface area contributed by atoms with Crippen LogP contribution in [-0.4, -0.2) is 22.9 Å². The van der Waals surface area contributed by atoms with Crippen molar-refractivity contribution in [2.45, 2.75) is 85.7 Å². The van der Waals surface area contributed by atoms with E-state index in [1.54, 1.807) is 11.1 Å². The minimum absolute atomic E-state index is 0.0235. The lowest BCUT2D eigenvalue weighted by molar-refractivity contribution is -0.0894. The summed E-state index contributed by atoms with van der Waals surface area (Å²) in [6.45, 7) is 11.9. The van der Waals surface area contributed by atoms with Crippen LogP contribution in [0.5, 0.6) is 0 Å². The van der Waals surface area contributed by atoms with Crippen molar-refractivity contribution in [2.24, 2.45) is 22.7 Å². The third kappa shape index (κ3) is 3.14. The Balaban J connectivity index is 2.21. The number of hydrogen-bond acceptors (Lipinski definition) is 2.